The lowest BCUT2D eigenvalue weighted by Gasteiger charge is -2.18. The molecular weight excluding hydrogens is 274 g/mol. The molecule has 0 aromatic heterocycles. The van der Waals surface area contributed by atoms with Crippen LogP contribution < -0.4 is 9.64 Å². The zero-order valence-corrected chi connectivity index (χ0v) is 12.2. The third-order valence-electron chi connectivity index (χ3n) is 3.05. The van der Waals surface area contributed by atoms with E-state index in [9.17, 15) is 4.79 Å². The molecule has 20 heavy (non-hydrogen) atoms. The molecule has 0 aliphatic heterocycles. The SMILES string of the molecule is COc1ccc(C(=O)CN(C)c2ccccc2)cc1Cl. The van der Waals surface area contributed by atoms with Crippen molar-refractivity contribution in [2.75, 3.05) is 25.6 Å². The van der Waals surface area contributed by atoms with Gasteiger partial charge in [-0.15, -0.1) is 0 Å². The molecule has 0 radical (unpaired) electrons. The summed E-state index contributed by atoms with van der Waals surface area (Å²) >= 11 is 6.04. The topological polar surface area (TPSA) is 29.5 Å². The van der Waals surface area contributed by atoms with Crippen molar-refractivity contribution in [2.45, 2.75) is 0 Å². The number of benzene rings is 2. The number of rotatable bonds is 5. The number of likely N-dealkylation sites (N-methyl/N-ethyl adjacent to an activating group) is 1. The molecule has 0 atom stereocenters. The Balaban J connectivity index is 2.10. The predicted molar refractivity (Wildman–Crippen MR) is 82.0 cm³/mol. The summed E-state index contributed by atoms with van der Waals surface area (Å²) in [7, 11) is 3.43. The van der Waals surface area contributed by atoms with E-state index in [1.807, 2.05) is 42.3 Å². The number of para-hydroxylation sites is 1. The largest absolute Gasteiger partial charge is 0.495 e. The van der Waals surface area contributed by atoms with E-state index in [-0.39, 0.29) is 5.78 Å². The third-order valence-corrected chi connectivity index (χ3v) is 3.35. The zero-order chi connectivity index (χ0) is 14.5. The summed E-state index contributed by atoms with van der Waals surface area (Å²) in [4.78, 5) is 14.1. The number of Topliss-reactive ketones (excluding diaryl/α,β-unsaturated/α-hetero) is 1. The summed E-state index contributed by atoms with van der Waals surface area (Å²) in [5.41, 5.74) is 1.58. The number of carbonyl (C=O) groups excluding carboxylic acids is 1. The summed E-state index contributed by atoms with van der Waals surface area (Å²) in [6.45, 7) is 0.298. The summed E-state index contributed by atoms with van der Waals surface area (Å²) in [6, 6.07) is 14.8. The molecule has 104 valence electrons. The van der Waals surface area contributed by atoms with Gasteiger partial charge in [-0.2, -0.15) is 0 Å². The first kappa shape index (κ1) is 14.4. The molecule has 0 bridgehead atoms. The van der Waals surface area contributed by atoms with Crippen molar-refractivity contribution in [3.05, 3.63) is 59.1 Å². The Labute approximate surface area is 123 Å². The molecule has 0 aliphatic carbocycles. The van der Waals surface area contributed by atoms with Gasteiger partial charge in [0, 0.05) is 18.3 Å². The highest BCUT2D eigenvalue weighted by molar-refractivity contribution is 6.32. The predicted octanol–water partition coefficient (Wildman–Crippen LogP) is 3.67. The van der Waals surface area contributed by atoms with E-state index < -0.39 is 0 Å². The maximum atomic E-state index is 12.2. The lowest BCUT2D eigenvalue weighted by molar-refractivity contribution is 0.100. The van der Waals surface area contributed by atoms with Gasteiger partial charge in [0.25, 0.3) is 0 Å². The maximum absolute atomic E-state index is 12.2. The molecular formula is C16H16ClNO2. The Kier molecular flexibility index (Phi) is 4.64. The number of ketones is 1. The van der Waals surface area contributed by atoms with Crippen molar-refractivity contribution in [3.63, 3.8) is 0 Å². The van der Waals surface area contributed by atoms with Crippen LogP contribution in [0.4, 0.5) is 5.69 Å². The number of methoxy groups -OCH3 is 1. The van der Waals surface area contributed by atoms with Crippen LogP contribution in [0, 0.1) is 0 Å². The molecule has 0 spiro atoms. The highest BCUT2D eigenvalue weighted by atomic mass is 35.5. The number of hydrogen-bond acceptors (Lipinski definition) is 3. The summed E-state index contributed by atoms with van der Waals surface area (Å²) in [6.07, 6.45) is 0. The van der Waals surface area contributed by atoms with E-state index in [2.05, 4.69) is 0 Å². The van der Waals surface area contributed by atoms with E-state index in [1.165, 1.54) is 0 Å². The van der Waals surface area contributed by atoms with Gasteiger partial charge >= 0.3 is 0 Å². The Morgan fingerprint density at radius 3 is 2.50 bits per heavy atom. The van der Waals surface area contributed by atoms with Crippen LogP contribution in [0.1, 0.15) is 10.4 Å². The van der Waals surface area contributed by atoms with E-state index in [1.54, 1.807) is 25.3 Å². The molecule has 0 amide bonds. The van der Waals surface area contributed by atoms with E-state index >= 15 is 0 Å². The van der Waals surface area contributed by atoms with Crippen molar-refractivity contribution < 1.29 is 9.53 Å². The maximum Gasteiger partial charge on any atom is 0.182 e. The van der Waals surface area contributed by atoms with Crippen LogP contribution in [0.25, 0.3) is 0 Å². The third kappa shape index (κ3) is 3.31. The van der Waals surface area contributed by atoms with Crippen LogP contribution in [-0.4, -0.2) is 26.5 Å². The number of hydrogen-bond donors (Lipinski definition) is 0. The molecule has 3 nitrogen and oxygen atoms in total. The van der Waals surface area contributed by atoms with Gasteiger partial charge in [-0.1, -0.05) is 29.8 Å². The average molecular weight is 290 g/mol. The molecule has 0 N–H and O–H groups in total. The van der Waals surface area contributed by atoms with Crippen molar-refractivity contribution in [1.82, 2.24) is 0 Å². The van der Waals surface area contributed by atoms with Crippen molar-refractivity contribution in [2.24, 2.45) is 0 Å². The van der Waals surface area contributed by atoms with E-state index in [4.69, 9.17) is 16.3 Å². The normalized spacial score (nSPS) is 10.2. The molecule has 0 saturated carbocycles. The Morgan fingerprint density at radius 1 is 1.20 bits per heavy atom. The quantitative estimate of drug-likeness (QED) is 0.787. The molecule has 2 rings (SSSR count). The molecule has 0 heterocycles. The van der Waals surface area contributed by atoms with Crippen LogP contribution in [0.15, 0.2) is 48.5 Å². The fourth-order valence-electron chi connectivity index (χ4n) is 1.92. The minimum atomic E-state index is 0.0147. The first-order chi connectivity index (χ1) is 9.61. The van der Waals surface area contributed by atoms with Gasteiger partial charge in [-0.05, 0) is 30.3 Å². The van der Waals surface area contributed by atoms with Gasteiger partial charge in [-0.3, -0.25) is 4.79 Å². The number of anilines is 1. The molecule has 2 aromatic rings. The first-order valence-corrected chi connectivity index (χ1v) is 6.62. The molecule has 0 fully saturated rings. The standard InChI is InChI=1S/C16H16ClNO2/c1-18(13-6-4-3-5-7-13)11-15(19)12-8-9-16(20-2)14(17)10-12/h3-10H,11H2,1-2H3. The first-order valence-electron chi connectivity index (χ1n) is 6.24. The Morgan fingerprint density at radius 2 is 1.90 bits per heavy atom. The highest BCUT2D eigenvalue weighted by Gasteiger charge is 2.12. The average Bonchev–Trinajstić information content (AvgIpc) is 2.48. The molecule has 4 heteroatoms. The lowest BCUT2D eigenvalue weighted by Crippen LogP contribution is -2.25. The fraction of sp³-hybridized carbons (Fsp3) is 0.188. The molecule has 2 aromatic carbocycles. The molecule has 0 saturated heterocycles. The molecule has 0 aliphatic rings. The van der Waals surface area contributed by atoms with Crippen LogP contribution in [0.2, 0.25) is 5.02 Å². The number of carbonyl (C=O) groups is 1. The van der Waals surface area contributed by atoms with Gasteiger partial charge in [0.05, 0.1) is 18.7 Å². The minimum absolute atomic E-state index is 0.0147. The summed E-state index contributed by atoms with van der Waals surface area (Å²) in [5, 5.41) is 0.445. The van der Waals surface area contributed by atoms with Crippen LogP contribution >= 0.6 is 11.6 Å². The summed E-state index contributed by atoms with van der Waals surface area (Å²) < 4.78 is 5.08. The summed E-state index contributed by atoms with van der Waals surface area (Å²) in [5.74, 6) is 0.584. The van der Waals surface area contributed by atoms with Crippen LogP contribution in [-0.2, 0) is 0 Å². The van der Waals surface area contributed by atoms with Crippen molar-refractivity contribution in [1.29, 1.82) is 0 Å². The van der Waals surface area contributed by atoms with Gasteiger partial charge in [0.2, 0.25) is 0 Å². The Bertz CT molecular complexity index is 599. The van der Waals surface area contributed by atoms with Gasteiger partial charge < -0.3 is 9.64 Å². The molecule has 0 unspecified atom stereocenters. The number of ether oxygens (including phenoxy) is 1. The van der Waals surface area contributed by atoms with Gasteiger partial charge in [0.15, 0.2) is 5.78 Å². The monoisotopic (exact) mass is 289 g/mol. The van der Waals surface area contributed by atoms with Crippen LogP contribution in [0.5, 0.6) is 5.75 Å². The van der Waals surface area contributed by atoms with Gasteiger partial charge in [-0.25, -0.2) is 0 Å². The van der Waals surface area contributed by atoms with Crippen molar-refractivity contribution in [3.8, 4) is 5.75 Å². The fourth-order valence-corrected chi connectivity index (χ4v) is 2.18. The highest BCUT2D eigenvalue weighted by Crippen LogP contribution is 2.25. The van der Waals surface area contributed by atoms with Gasteiger partial charge in [0.1, 0.15) is 5.75 Å². The lowest BCUT2D eigenvalue weighted by atomic mass is 10.1. The number of nitrogens with zero attached hydrogens (tertiary/aromatic N) is 1. The van der Waals surface area contributed by atoms with Crippen molar-refractivity contribution >= 4 is 23.1 Å². The van der Waals surface area contributed by atoms with E-state index in [0.29, 0.717) is 22.9 Å². The minimum Gasteiger partial charge on any atom is -0.495 e. The Hall–Kier alpha value is -2.00. The second kappa shape index (κ2) is 6.44. The number of halogens is 1. The van der Waals surface area contributed by atoms with E-state index in [0.717, 1.165) is 5.69 Å². The zero-order valence-electron chi connectivity index (χ0n) is 11.5. The smallest absolute Gasteiger partial charge is 0.182 e. The second-order valence-electron chi connectivity index (χ2n) is 4.46. The van der Waals surface area contributed by atoms with Crippen LogP contribution in [0.3, 0.4) is 0 Å². The second-order valence-corrected chi connectivity index (χ2v) is 4.87.